The van der Waals surface area contributed by atoms with Gasteiger partial charge in [-0.3, -0.25) is 9.59 Å². The van der Waals surface area contributed by atoms with Crippen molar-refractivity contribution in [1.82, 2.24) is 9.80 Å². The summed E-state index contributed by atoms with van der Waals surface area (Å²) in [6.07, 6.45) is 1.76. The lowest BCUT2D eigenvalue weighted by atomic mass is 10.1. The average Bonchev–Trinajstić information content (AvgIpc) is 2.97. The molecule has 2 aromatic rings. The number of carbonyl (C=O) groups is 2. The second-order valence-corrected chi connectivity index (χ2v) is 7.38. The first-order valence-corrected chi connectivity index (χ1v) is 9.72. The highest BCUT2D eigenvalue weighted by molar-refractivity contribution is 5.95. The van der Waals surface area contributed by atoms with Crippen LogP contribution in [0.2, 0.25) is 0 Å². The Bertz CT molecular complexity index is 872. The minimum atomic E-state index is -0.650. The summed E-state index contributed by atoms with van der Waals surface area (Å²) >= 11 is 0. The van der Waals surface area contributed by atoms with E-state index in [0.29, 0.717) is 45.4 Å². The number of phenols is 3. The molecule has 154 valence electrons. The molecule has 2 aromatic carbocycles. The Kier molecular flexibility index (Phi) is 6.26. The number of hydrogen-bond acceptors (Lipinski definition) is 5. The minimum Gasteiger partial charge on any atom is -0.504 e. The van der Waals surface area contributed by atoms with E-state index in [0.717, 1.165) is 17.7 Å². The van der Waals surface area contributed by atoms with Crippen LogP contribution in [0.3, 0.4) is 0 Å². The molecule has 0 bridgehead atoms. The molecule has 0 aliphatic carbocycles. The number of aryl methyl sites for hydroxylation is 2. The van der Waals surface area contributed by atoms with Gasteiger partial charge in [-0.15, -0.1) is 0 Å². The molecule has 1 aliphatic rings. The van der Waals surface area contributed by atoms with Crippen molar-refractivity contribution in [3.63, 3.8) is 0 Å². The number of hydrogen-bond donors (Lipinski definition) is 3. The van der Waals surface area contributed by atoms with Gasteiger partial charge in [-0.25, -0.2) is 0 Å². The first kappa shape index (κ1) is 20.5. The summed E-state index contributed by atoms with van der Waals surface area (Å²) < 4.78 is 0. The smallest absolute Gasteiger partial charge is 0.254 e. The zero-order valence-corrected chi connectivity index (χ0v) is 16.5. The Hall–Kier alpha value is -3.22. The van der Waals surface area contributed by atoms with Gasteiger partial charge < -0.3 is 25.1 Å². The van der Waals surface area contributed by atoms with Gasteiger partial charge in [-0.05, 0) is 37.5 Å². The van der Waals surface area contributed by atoms with Gasteiger partial charge in [-0.2, -0.15) is 0 Å². The molecule has 0 saturated carbocycles. The molecule has 1 heterocycles. The molecule has 0 radical (unpaired) electrons. The quantitative estimate of drug-likeness (QED) is 0.687. The van der Waals surface area contributed by atoms with Gasteiger partial charge in [0.2, 0.25) is 5.91 Å². The van der Waals surface area contributed by atoms with E-state index in [1.165, 1.54) is 5.56 Å². The SMILES string of the molecule is Cc1ccc(CCC(=O)N2CCCN(C(=O)c3cc(O)c(O)c(O)c3)CC2)cc1. The van der Waals surface area contributed by atoms with Crippen LogP contribution in [-0.2, 0) is 11.2 Å². The van der Waals surface area contributed by atoms with E-state index in [1.54, 1.807) is 9.80 Å². The van der Waals surface area contributed by atoms with E-state index < -0.39 is 17.2 Å². The van der Waals surface area contributed by atoms with Crippen molar-refractivity contribution in [2.75, 3.05) is 26.2 Å². The fourth-order valence-electron chi connectivity index (χ4n) is 3.44. The zero-order chi connectivity index (χ0) is 21.0. The van der Waals surface area contributed by atoms with E-state index in [4.69, 9.17) is 0 Å². The monoisotopic (exact) mass is 398 g/mol. The molecular formula is C22H26N2O5. The Balaban J connectivity index is 1.57. The fourth-order valence-corrected chi connectivity index (χ4v) is 3.44. The van der Waals surface area contributed by atoms with E-state index in [-0.39, 0.29) is 17.4 Å². The third-order valence-corrected chi connectivity index (χ3v) is 5.20. The highest BCUT2D eigenvalue weighted by Crippen LogP contribution is 2.35. The van der Waals surface area contributed by atoms with Gasteiger partial charge in [0, 0.05) is 38.2 Å². The van der Waals surface area contributed by atoms with E-state index in [1.807, 2.05) is 31.2 Å². The maximum atomic E-state index is 12.7. The van der Waals surface area contributed by atoms with Crippen molar-refractivity contribution >= 4 is 11.8 Å². The second-order valence-electron chi connectivity index (χ2n) is 7.38. The Morgan fingerprint density at radius 3 is 2.14 bits per heavy atom. The predicted octanol–water partition coefficient (Wildman–Crippen LogP) is 2.42. The highest BCUT2D eigenvalue weighted by atomic mass is 16.3. The molecule has 1 saturated heterocycles. The lowest BCUT2D eigenvalue weighted by Gasteiger charge is -2.22. The normalized spacial score (nSPS) is 14.5. The van der Waals surface area contributed by atoms with E-state index in [2.05, 4.69) is 0 Å². The third kappa shape index (κ3) is 4.99. The summed E-state index contributed by atoms with van der Waals surface area (Å²) in [6, 6.07) is 10.4. The van der Waals surface area contributed by atoms with E-state index >= 15 is 0 Å². The molecule has 1 aliphatic heterocycles. The third-order valence-electron chi connectivity index (χ3n) is 5.20. The number of rotatable bonds is 4. The predicted molar refractivity (Wildman–Crippen MR) is 108 cm³/mol. The van der Waals surface area contributed by atoms with Crippen LogP contribution in [0, 0.1) is 6.92 Å². The Labute approximate surface area is 169 Å². The number of nitrogens with zero attached hydrogens (tertiary/aromatic N) is 2. The molecule has 2 amide bonds. The topological polar surface area (TPSA) is 101 Å². The van der Waals surface area contributed by atoms with Crippen molar-refractivity contribution in [2.24, 2.45) is 0 Å². The number of benzene rings is 2. The van der Waals surface area contributed by atoms with E-state index in [9.17, 15) is 24.9 Å². The molecule has 7 heteroatoms. The van der Waals surface area contributed by atoms with Crippen LogP contribution < -0.4 is 0 Å². The van der Waals surface area contributed by atoms with Gasteiger partial charge in [0.1, 0.15) is 0 Å². The van der Waals surface area contributed by atoms with Crippen LogP contribution in [0.15, 0.2) is 36.4 Å². The number of aromatic hydroxyl groups is 3. The molecule has 0 atom stereocenters. The molecule has 0 unspecified atom stereocenters. The highest BCUT2D eigenvalue weighted by Gasteiger charge is 2.24. The fraction of sp³-hybridized carbons (Fsp3) is 0.364. The molecule has 7 nitrogen and oxygen atoms in total. The summed E-state index contributed by atoms with van der Waals surface area (Å²) in [5.41, 5.74) is 2.41. The standard InChI is InChI=1S/C22H26N2O5/c1-15-3-5-16(6-4-15)7-8-20(27)23-9-2-10-24(12-11-23)22(29)17-13-18(25)21(28)19(26)14-17/h3-6,13-14,25-26,28H,2,7-12H2,1H3. The zero-order valence-electron chi connectivity index (χ0n) is 16.5. The van der Waals surface area contributed by atoms with Crippen LogP contribution in [-0.4, -0.2) is 63.1 Å². The lowest BCUT2D eigenvalue weighted by Crippen LogP contribution is -2.37. The first-order valence-electron chi connectivity index (χ1n) is 9.72. The molecule has 29 heavy (non-hydrogen) atoms. The summed E-state index contributed by atoms with van der Waals surface area (Å²) in [5, 5.41) is 28.7. The van der Waals surface area contributed by atoms with Crippen LogP contribution >= 0.6 is 0 Å². The molecule has 3 N–H and O–H groups in total. The van der Waals surface area contributed by atoms with Crippen molar-refractivity contribution in [3.05, 3.63) is 53.1 Å². The molecule has 1 fully saturated rings. The maximum Gasteiger partial charge on any atom is 0.254 e. The second kappa shape index (κ2) is 8.86. The van der Waals surface area contributed by atoms with Gasteiger partial charge >= 0.3 is 0 Å². The van der Waals surface area contributed by atoms with Gasteiger partial charge in [-0.1, -0.05) is 29.8 Å². The lowest BCUT2D eigenvalue weighted by molar-refractivity contribution is -0.131. The molecule has 3 rings (SSSR count). The van der Waals surface area contributed by atoms with Crippen molar-refractivity contribution in [3.8, 4) is 17.2 Å². The number of amides is 2. The average molecular weight is 398 g/mol. The minimum absolute atomic E-state index is 0.0693. The number of phenolic OH excluding ortho intramolecular Hbond substituents is 3. The van der Waals surface area contributed by atoms with Crippen molar-refractivity contribution in [1.29, 1.82) is 0 Å². The van der Waals surface area contributed by atoms with Gasteiger partial charge in [0.15, 0.2) is 17.2 Å². The van der Waals surface area contributed by atoms with Crippen LogP contribution in [0.25, 0.3) is 0 Å². The van der Waals surface area contributed by atoms with Crippen LogP contribution in [0.5, 0.6) is 17.2 Å². The number of carbonyl (C=O) groups excluding carboxylic acids is 2. The van der Waals surface area contributed by atoms with Crippen LogP contribution in [0.4, 0.5) is 0 Å². The largest absolute Gasteiger partial charge is 0.504 e. The van der Waals surface area contributed by atoms with Crippen molar-refractivity contribution in [2.45, 2.75) is 26.2 Å². The summed E-state index contributed by atoms with van der Waals surface area (Å²) in [5.74, 6) is -2.03. The molecular weight excluding hydrogens is 372 g/mol. The maximum absolute atomic E-state index is 12.7. The first-order chi connectivity index (χ1) is 13.8. The van der Waals surface area contributed by atoms with Gasteiger partial charge in [0.05, 0.1) is 0 Å². The van der Waals surface area contributed by atoms with Crippen LogP contribution in [0.1, 0.15) is 34.3 Å². The summed E-state index contributed by atoms with van der Waals surface area (Å²) in [7, 11) is 0. The summed E-state index contributed by atoms with van der Waals surface area (Å²) in [4.78, 5) is 28.7. The molecule has 0 spiro atoms. The van der Waals surface area contributed by atoms with Crippen molar-refractivity contribution < 1.29 is 24.9 Å². The Morgan fingerprint density at radius 1 is 0.897 bits per heavy atom. The van der Waals surface area contributed by atoms with Gasteiger partial charge in [0.25, 0.3) is 5.91 Å². The molecule has 0 aromatic heterocycles. The summed E-state index contributed by atoms with van der Waals surface area (Å²) in [6.45, 7) is 3.90. The Morgan fingerprint density at radius 2 is 1.48 bits per heavy atom.